The molecule has 0 amide bonds. The smallest absolute Gasteiger partial charge is 0.0827 e. The molecule has 1 unspecified atom stereocenters. The average Bonchev–Trinajstić information content (AvgIpc) is 1.88. The summed E-state index contributed by atoms with van der Waals surface area (Å²) in [4.78, 5) is 0. The Hall–Kier alpha value is -0.760. The molecule has 55 valence electrons. The minimum absolute atomic E-state index is 0.00810. The molecule has 1 heterocycles. The lowest BCUT2D eigenvalue weighted by molar-refractivity contribution is 0.0584. The maximum Gasteiger partial charge on any atom is 0.0827 e. The predicted molar refractivity (Wildman–Crippen MR) is 40.2 cm³/mol. The van der Waals surface area contributed by atoms with Gasteiger partial charge >= 0.3 is 0 Å². The molecule has 0 bridgehead atoms. The minimum Gasteiger partial charge on any atom is -0.388 e. The first-order valence-electron chi connectivity index (χ1n) is 3.33. The lowest BCUT2D eigenvalue weighted by Crippen LogP contribution is -2.43. The summed E-state index contributed by atoms with van der Waals surface area (Å²) in [6.07, 6.45) is 8.26. The largest absolute Gasteiger partial charge is 0.388 e. The Morgan fingerprint density at radius 1 is 1.60 bits per heavy atom. The number of allylic oxidation sites excluding steroid dienone is 2. The van der Waals surface area contributed by atoms with Crippen molar-refractivity contribution >= 4 is 0 Å². The summed E-state index contributed by atoms with van der Waals surface area (Å²) >= 11 is 0. The normalized spacial score (nSPS) is 24.5. The van der Waals surface area contributed by atoms with Gasteiger partial charge in [0.25, 0.3) is 0 Å². The highest BCUT2D eigenvalue weighted by molar-refractivity contribution is 5.11. The van der Waals surface area contributed by atoms with Crippen molar-refractivity contribution in [1.29, 1.82) is 0 Å². The number of nitrogens with one attached hydrogen (secondary N) is 1. The van der Waals surface area contributed by atoms with Crippen LogP contribution >= 0.6 is 0 Å². The molecule has 10 heavy (non-hydrogen) atoms. The second-order valence-electron chi connectivity index (χ2n) is 2.97. The van der Waals surface area contributed by atoms with Crippen molar-refractivity contribution in [3.8, 4) is 0 Å². The van der Waals surface area contributed by atoms with E-state index in [1.165, 1.54) is 0 Å². The van der Waals surface area contributed by atoms with E-state index >= 15 is 0 Å². The first-order valence-corrected chi connectivity index (χ1v) is 3.33. The predicted octanol–water partition coefficient (Wildman–Crippen LogP) is 0.602. The maximum absolute atomic E-state index is 9.48. The molecule has 1 atom stereocenters. The summed E-state index contributed by atoms with van der Waals surface area (Å²) in [5, 5.41) is 12.5. The highest BCUT2D eigenvalue weighted by Gasteiger charge is 2.23. The first-order chi connectivity index (χ1) is 4.61. The van der Waals surface area contributed by atoms with E-state index < -0.39 is 5.60 Å². The van der Waals surface area contributed by atoms with Gasteiger partial charge in [0.2, 0.25) is 0 Å². The van der Waals surface area contributed by atoms with Crippen LogP contribution in [-0.4, -0.2) is 16.7 Å². The van der Waals surface area contributed by atoms with Crippen LogP contribution < -0.4 is 5.32 Å². The van der Waals surface area contributed by atoms with Gasteiger partial charge in [0, 0.05) is 6.20 Å². The van der Waals surface area contributed by atoms with Crippen molar-refractivity contribution in [3.05, 3.63) is 24.4 Å². The summed E-state index contributed by atoms with van der Waals surface area (Å²) in [5.41, 5.74) is -0.699. The Balaban J connectivity index is 2.60. The van der Waals surface area contributed by atoms with E-state index in [1.54, 1.807) is 26.1 Å². The zero-order valence-electron chi connectivity index (χ0n) is 6.26. The van der Waals surface area contributed by atoms with Crippen molar-refractivity contribution in [2.75, 3.05) is 0 Å². The lowest BCUT2D eigenvalue weighted by atomic mass is 9.98. The minimum atomic E-state index is -0.699. The van der Waals surface area contributed by atoms with Crippen molar-refractivity contribution in [3.63, 3.8) is 0 Å². The van der Waals surface area contributed by atoms with Gasteiger partial charge in [-0.2, -0.15) is 0 Å². The van der Waals surface area contributed by atoms with Gasteiger partial charge in [0.05, 0.1) is 11.6 Å². The van der Waals surface area contributed by atoms with E-state index in [4.69, 9.17) is 0 Å². The second-order valence-corrected chi connectivity index (χ2v) is 2.97. The fourth-order valence-electron chi connectivity index (χ4n) is 0.833. The molecule has 1 aliphatic rings. The van der Waals surface area contributed by atoms with Crippen LogP contribution in [0.1, 0.15) is 13.8 Å². The molecule has 0 spiro atoms. The Morgan fingerprint density at radius 2 is 2.30 bits per heavy atom. The van der Waals surface area contributed by atoms with Crippen LogP contribution in [0.3, 0.4) is 0 Å². The highest BCUT2D eigenvalue weighted by Crippen LogP contribution is 2.11. The van der Waals surface area contributed by atoms with Gasteiger partial charge in [-0.15, -0.1) is 0 Å². The quantitative estimate of drug-likeness (QED) is 0.556. The number of hydrogen-bond donors (Lipinski definition) is 2. The lowest BCUT2D eigenvalue weighted by Gasteiger charge is -2.27. The van der Waals surface area contributed by atoms with Crippen molar-refractivity contribution < 1.29 is 5.11 Å². The molecule has 0 aromatic heterocycles. The fourth-order valence-corrected chi connectivity index (χ4v) is 0.833. The molecule has 0 aromatic carbocycles. The maximum atomic E-state index is 9.48. The van der Waals surface area contributed by atoms with Crippen molar-refractivity contribution in [1.82, 2.24) is 5.32 Å². The summed E-state index contributed by atoms with van der Waals surface area (Å²) in [5.74, 6) is 0. The molecular weight excluding hydrogens is 126 g/mol. The van der Waals surface area contributed by atoms with E-state index in [2.05, 4.69) is 11.4 Å². The molecule has 2 nitrogen and oxygen atoms in total. The van der Waals surface area contributed by atoms with Gasteiger partial charge in [-0.1, -0.05) is 12.2 Å². The molecule has 0 saturated heterocycles. The van der Waals surface area contributed by atoms with Crippen LogP contribution in [0, 0.1) is 6.08 Å². The van der Waals surface area contributed by atoms with Gasteiger partial charge in [-0.3, -0.25) is 0 Å². The Morgan fingerprint density at radius 3 is 2.60 bits per heavy atom. The summed E-state index contributed by atoms with van der Waals surface area (Å²) in [6.45, 7) is 3.54. The zero-order valence-corrected chi connectivity index (χ0v) is 6.26. The van der Waals surface area contributed by atoms with Crippen LogP contribution in [0.2, 0.25) is 0 Å². The molecule has 1 aliphatic heterocycles. The number of dihydropyridines is 1. The third kappa shape index (κ3) is 1.61. The Kier molecular flexibility index (Phi) is 1.81. The molecule has 0 saturated carbocycles. The Labute approximate surface area is 61.3 Å². The average molecular weight is 138 g/mol. The van der Waals surface area contributed by atoms with Gasteiger partial charge in [0.15, 0.2) is 0 Å². The second kappa shape index (κ2) is 2.46. The summed E-state index contributed by atoms with van der Waals surface area (Å²) in [6, 6.07) is 0.00810. The van der Waals surface area contributed by atoms with E-state index in [0.717, 1.165) is 0 Å². The van der Waals surface area contributed by atoms with Crippen molar-refractivity contribution in [2.24, 2.45) is 0 Å². The molecular formula is C8H12NO. The van der Waals surface area contributed by atoms with E-state index in [9.17, 15) is 5.11 Å². The highest BCUT2D eigenvalue weighted by atomic mass is 16.3. The first kappa shape index (κ1) is 7.35. The van der Waals surface area contributed by atoms with E-state index in [1.807, 2.05) is 6.08 Å². The number of aliphatic hydroxyl groups is 1. The third-order valence-corrected chi connectivity index (χ3v) is 1.49. The molecule has 0 aromatic rings. The molecule has 0 fully saturated rings. The Bertz CT molecular complexity index is 165. The van der Waals surface area contributed by atoms with E-state index in [-0.39, 0.29) is 6.04 Å². The van der Waals surface area contributed by atoms with Crippen LogP contribution in [0.15, 0.2) is 18.4 Å². The molecule has 1 radical (unpaired) electrons. The van der Waals surface area contributed by atoms with Gasteiger partial charge in [-0.05, 0) is 19.9 Å². The summed E-state index contributed by atoms with van der Waals surface area (Å²) in [7, 11) is 0. The van der Waals surface area contributed by atoms with Crippen LogP contribution in [-0.2, 0) is 0 Å². The molecule has 1 rings (SSSR count). The molecule has 2 N–H and O–H groups in total. The SMILES string of the molecule is CC(C)(O)C1C=C[C]=CN1. The van der Waals surface area contributed by atoms with Gasteiger partial charge < -0.3 is 10.4 Å². The number of rotatable bonds is 1. The molecule has 0 aliphatic carbocycles. The van der Waals surface area contributed by atoms with Gasteiger partial charge in [-0.25, -0.2) is 0 Å². The molecule has 2 heteroatoms. The van der Waals surface area contributed by atoms with Crippen LogP contribution in [0.5, 0.6) is 0 Å². The van der Waals surface area contributed by atoms with Gasteiger partial charge in [0.1, 0.15) is 0 Å². The third-order valence-electron chi connectivity index (χ3n) is 1.49. The van der Waals surface area contributed by atoms with Crippen LogP contribution in [0.4, 0.5) is 0 Å². The van der Waals surface area contributed by atoms with Crippen LogP contribution in [0.25, 0.3) is 0 Å². The fraction of sp³-hybridized carbons (Fsp3) is 0.500. The van der Waals surface area contributed by atoms with Crippen molar-refractivity contribution in [2.45, 2.75) is 25.5 Å². The number of hydrogen-bond acceptors (Lipinski definition) is 2. The standard InChI is InChI=1S/C8H12NO/c1-8(2,10)7-5-3-4-6-9-7/h3,5-7,9-10H,1-2H3. The zero-order chi connectivity index (χ0) is 7.61. The monoisotopic (exact) mass is 138 g/mol. The topological polar surface area (TPSA) is 32.3 Å². The summed E-state index contributed by atoms with van der Waals surface area (Å²) < 4.78 is 0. The van der Waals surface area contributed by atoms with E-state index in [0.29, 0.717) is 0 Å².